The first-order valence-electron chi connectivity index (χ1n) is 3.14. The average molecular weight is 153 g/mol. The largest absolute Gasteiger partial charge is 0.347 e. The van der Waals surface area contributed by atoms with Gasteiger partial charge in [0.05, 0.1) is 4.88 Å². The minimum atomic E-state index is 0.0908. The highest BCUT2D eigenvalue weighted by Gasteiger charge is 2.21. The van der Waals surface area contributed by atoms with Crippen molar-refractivity contribution in [2.24, 2.45) is 0 Å². The molecule has 1 aliphatic rings. The molecular weight excluding hydrogens is 146 g/mol. The van der Waals surface area contributed by atoms with Crippen molar-refractivity contribution in [3.8, 4) is 0 Å². The van der Waals surface area contributed by atoms with E-state index in [0.29, 0.717) is 0 Å². The van der Waals surface area contributed by atoms with E-state index in [1.54, 1.807) is 0 Å². The highest BCUT2D eigenvalue weighted by atomic mass is 32.1. The summed E-state index contributed by atoms with van der Waals surface area (Å²) in [6, 6.07) is 0. The predicted molar refractivity (Wildman–Crippen MR) is 40.2 cm³/mol. The Hall–Kier alpha value is -0.830. The zero-order valence-corrected chi connectivity index (χ0v) is 6.42. The highest BCUT2D eigenvalue weighted by Crippen LogP contribution is 2.25. The van der Waals surface area contributed by atoms with Gasteiger partial charge >= 0.3 is 0 Å². The van der Waals surface area contributed by atoms with Gasteiger partial charge in [-0.1, -0.05) is 0 Å². The van der Waals surface area contributed by atoms with Crippen LogP contribution in [0.15, 0.2) is 5.38 Å². The Morgan fingerprint density at radius 1 is 1.70 bits per heavy atom. The Bertz CT molecular complexity index is 290. The lowest BCUT2D eigenvalue weighted by molar-refractivity contribution is 0.0969. The van der Waals surface area contributed by atoms with Crippen LogP contribution >= 0.6 is 11.3 Å². The van der Waals surface area contributed by atoms with Gasteiger partial charge in [0.25, 0.3) is 5.91 Å². The second kappa shape index (κ2) is 1.83. The van der Waals surface area contributed by atoms with Gasteiger partial charge in [0.15, 0.2) is 0 Å². The molecule has 0 saturated heterocycles. The molecule has 0 bridgehead atoms. The van der Waals surface area contributed by atoms with Crippen LogP contribution in [0.2, 0.25) is 0 Å². The Balaban J connectivity index is 2.63. The number of rotatable bonds is 0. The van der Waals surface area contributed by atoms with Gasteiger partial charge in [0.2, 0.25) is 0 Å². The number of carbonyl (C=O) groups excluding carboxylic acids is 1. The lowest BCUT2D eigenvalue weighted by Gasteiger charge is -1.88. The van der Waals surface area contributed by atoms with E-state index in [1.807, 2.05) is 12.3 Å². The molecule has 0 radical (unpaired) electrons. The molecule has 0 aromatic carbocycles. The Morgan fingerprint density at radius 3 is 3.20 bits per heavy atom. The van der Waals surface area contributed by atoms with E-state index in [2.05, 4.69) is 5.32 Å². The van der Waals surface area contributed by atoms with Crippen molar-refractivity contribution in [1.82, 2.24) is 5.32 Å². The van der Waals surface area contributed by atoms with Gasteiger partial charge in [0.1, 0.15) is 0 Å². The molecule has 1 aromatic rings. The van der Waals surface area contributed by atoms with Crippen LogP contribution in [0, 0.1) is 6.92 Å². The van der Waals surface area contributed by atoms with Crippen molar-refractivity contribution >= 4 is 17.2 Å². The summed E-state index contributed by atoms with van der Waals surface area (Å²) in [4.78, 5) is 11.9. The van der Waals surface area contributed by atoms with Gasteiger partial charge in [-0.3, -0.25) is 4.79 Å². The van der Waals surface area contributed by atoms with Crippen LogP contribution in [0.1, 0.15) is 20.8 Å². The first-order valence-corrected chi connectivity index (χ1v) is 4.02. The zero-order chi connectivity index (χ0) is 7.14. The summed E-state index contributed by atoms with van der Waals surface area (Å²) >= 11 is 1.53. The van der Waals surface area contributed by atoms with E-state index in [1.165, 1.54) is 22.5 Å². The van der Waals surface area contributed by atoms with Gasteiger partial charge in [-0.15, -0.1) is 11.3 Å². The molecule has 10 heavy (non-hydrogen) atoms. The molecule has 0 fully saturated rings. The summed E-state index contributed by atoms with van der Waals surface area (Å²) in [5.74, 6) is 0.0908. The quantitative estimate of drug-likeness (QED) is 0.598. The molecule has 2 nitrogen and oxygen atoms in total. The van der Waals surface area contributed by atoms with Crippen molar-refractivity contribution in [1.29, 1.82) is 0 Å². The minimum Gasteiger partial charge on any atom is -0.347 e. The van der Waals surface area contributed by atoms with Gasteiger partial charge in [-0.25, -0.2) is 0 Å². The molecule has 1 N–H and O–H groups in total. The molecule has 0 spiro atoms. The molecule has 1 aliphatic heterocycles. The molecule has 0 unspecified atom stereocenters. The maximum Gasteiger partial charge on any atom is 0.261 e. The Labute approximate surface area is 62.9 Å². The molecule has 0 saturated carbocycles. The molecule has 2 heterocycles. The van der Waals surface area contributed by atoms with Crippen LogP contribution in [-0.2, 0) is 6.54 Å². The van der Waals surface area contributed by atoms with Crippen LogP contribution in [-0.4, -0.2) is 5.91 Å². The standard InChI is InChI=1S/C7H7NOS/c1-4-3-10-6-5(4)2-8-7(6)9/h3H,2H2,1H3,(H,8,9). The number of hydrogen-bond donors (Lipinski definition) is 1. The van der Waals surface area contributed by atoms with Crippen LogP contribution in [0.3, 0.4) is 0 Å². The van der Waals surface area contributed by atoms with Gasteiger partial charge in [-0.2, -0.15) is 0 Å². The third-order valence-electron chi connectivity index (χ3n) is 1.74. The first-order chi connectivity index (χ1) is 4.79. The molecular formula is C7H7NOS. The summed E-state index contributed by atoms with van der Waals surface area (Å²) < 4.78 is 0. The van der Waals surface area contributed by atoms with E-state index in [0.717, 1.165) is 11.4 Å². The van der Waals surface area contributed by atoms with Crippen molar-refractivity contribution in [2.75, 3.05) is 0 Å². The lowest BCUT2D eigenvalue weighted by atomic mass is 10.2. The fourth-order valence-corrected chi connectivity index (χ4v) is 2.12. The number of fused-ring (bicyclic) bond motifs is 1. The summed E-state index contributed by atoms with van der Waals surface area (Å²) in [5.41, 5.74) is 2.42. The molecule has 0 atom stereocenters. The Morgan fingerprint density at radius 2 is 2.50 bits per heavy atom. The maximum atomic E-state index is 11.0. The maximum absolute atomic E-state index is 11.0. The summed E-state index contributed by atoms with van der Waals surface area (Å²) in [6.07, 6.45) is 0. The molecule has 1 aromatic heterocycles. The van der Waals surface area contributed by atoms with Crippen LogP contribution in [0.25, 0.3) is 0 Å². The minimum absolute atomic E-state index is 0.0908. The topological polar surface area (TPSA) is 29.1 Å². The van der Waals surface area contributed by atoms with E-state index >= 15 is 0 Å². The van der Waals surface area contributed by atoms with Gasteiger partial charge < -0.3 is 5.32 Å². The third kappa shape index (κ3) is 0.609. The van der Waals surface area contributed by atoms with Crippen molar-refractivity contribution in [3.63, 3.8) is 0 Å². The second-order valence-corrected chi connectivity index (χ2v) is 3.29. The van der Waals surface area contributed by atoms with Crippen molar-refractivity contribution in [3.05, 3.63) is 21.4 Å². The van der Waals surface area contributed by atoms with Crippen LogP contribution < -0.4 is 5.32 Å². The molecule has 3 heteroatoms. The third-order valence-corrected chi connectivity index (χ3v) is 2.87. The molecule has 2 rings (SSSR count). The molecule has 0 aliphatic carbocycles. The molecule has 52 valence electrons. The second-order valence-electron chi connectivity index (χ2n) is 2.41. The predicted octanol–water partition coefficient (Wildman–Crippen LogP) is 1.30. The zero-order valence-electron chi connectivity index (χ0n) is 5.60. The van der Waals surface area contributed by atoms with Gasteiger partial charge in [-0.05, 0) is 23.4 Å². The number of amides is 1. The summed E-state index contributed by atoms with van der Waals surface area (Å²) in [6.45, 7) is 2.76. The first kappa shape index (κ1) is 5.92. The van der Waals surface area contributed by atoms with Crippen LogP contribution in [0.4, 0.5) is 0 Å². The van der Waals surface area contributed by atoms with Crippen molar-refractivity contribution in [2.45, 2.75) is 13.5 Å². The fraction of sp³-hybridized carbons (Fsp3) is 0.286. The monoisotopic (exact) mass is 153 g/mol. The Kier molecular flexibility index (Phi) is 1.08. The SMILES string of the molecule is Cc1csc2c1CNC2=O. The fourth-order valence-electron chi connectivity index (χ4n) is 1.13. The van der Waals surface area contributed by atoms with E-state index < -0.39 is 0 Å². The smallest absolute Gasteiger partial charge is 0.261 e. The lowest BCUT2D eigenvalue weighted by Crippen LogP contribution is -2.12. The number of nitrogens with one attached hydrogen (secondary N) is 1. The number of hydrogen-bond acceptors (Lipinski definition) is 2. The normalized spacial score (nSPS) is 15.1. The van der Waals surface area contributed by atoms with Crippen molar-refractivity contribution < 1.29 is 4.79 Å². The molecule has 1 amide bonds. The summed E-state index contributed by atoms with van der Waals surface area (Å²) in [5, 5.41) is 4.81. The number of thiophene rings is 1. The van der Waals surface area contributed by atoms with Crippen LogP contribution in [0.5, 0.6) is 0 Å². The number of carbonyl (C=O) groups is 1. The number of aryl methyl sites for hydroxylation is 1. The summed E-state index contributed by atoms with van der Waals surface area (Å²) in [7, 11) is 0. The van der Waals surface area contributed by atoms with E-state index in [9.17, 15) is 4.79 Å². The highest BCUT2D eigenvalue weighted by molar-refractivity contribution is 7.12. The van der Waals surface area contributed by atoms with Gasteiger partial charge in [0, 0.05) is 6.54 Å². The average Bonchev–Trinajstić information content (AvgIpc) is 2.41. The van der Waals surface area contributed by atoms with E-state index in [-0.39, 0.29) is 5.91 Å². The van der Waals surface area contributed by atoms with E-state index in [4.69, 9.17) is 0 Å².